The Hall–Kier alpha value is -1.60. The Kier molecular flexibility index (Phi) is 4.75. The molecule has 0 heterocycles. The van der Waals surface area contributed by atoms with E-state index in [1.807, 2.05) is 7.05 Å². The molecule has 0 radical (unpaired) electrons. The van der Waals surface area contributed by atoms with E-state index in [4.69, 9.17) is 0 Å². The summed E-state index contributed by atoms with van der Waals surface area (Å²) in [6, 6.07) is 18.0. The van der Waals surface area contributed by atoms with Crippen molar-refractivity contribution < 1.29 is 0 Å². The maximum atomic E-state index is 3.46. The Bertz CT molecular complexity index is 513. The first-order valence-corrected chi connectivity index (χ1v) is 7.05. The topological polar surface area (TPSA) is 12.0 Å². The molecule has 100 valence electrons. The second kappa shape index (κ2) is 6.53. The Morgan fingerprint density at radius 2 is 1.68 bits per heavy atom. The van der Waals surface area contributed by atoms with E-state index in [1.54, 1.807) is 0 Å². The van der Waals surface area contributed by atoms with Gasteiger partial charge in [0.2, 0.25) is 0 Å². The van der Waals surface area contributed by atoms with Crippen molar-refractivity contribution >= 4 is 0 Å². The Labute approximate surface area is 116 Å². The zero-order valence-electron chi connectivity index (χ0n) is 12.1. The Morgan fingerprint density at radius 3 is 2.32 bits per heavy atom. The minimum Gasteiger partial charge on any atom is -0.313 e. The number of hydrogen-bond donors (Lipinski definition) is 1. The molecular weight excluding hydrogens is 230 g/mol. The van der Waals surface area contributed by atoms with Crippen LogP contribution in [-0.2, 0) is 12.8 Å². The average Bonchev–Trinajstić information content (AvgIpc) is 2.46. The molecule has 0 saturated carbocycles. The van der Waals surface area contributed by atoms with Gasteiger partial charge in [0.05, 0.1) is 0 Å². The van der Waals surface area contributed by atoms with E-state index in [0.717, 1.165) is 12.8 Å². The van der Waals surface area contributed by atoms with Gasteiger partial charge in [-0.05, 0) is 43.5 Å². The Balaban J connectivity index is 2.22. The highest BCUT2D eigenvalue weighted by Gasteiger charge is 2.12. The van der Waals surface area contributed by atoms with Crippen molar-refractivity contribution in [3.63, 3.8) is 0 Å². The average molecular weight is 253 g/mol. The van der Waals surface area contributed by atoms with Crippen LogP contribution < -0.4 is 5.32 Å². The zero-order chi connectivity index (χ0) is 13.7. The van der Waals surface area contributed by atoms with E-state index in [1.165, 1.54) is 22.3 Å². The number of hydrogen-bond acceptors (Lipinski definition) is 1. The number of likely N-dealkylation sites (N-methyl/N-ethyl adjacent to an activating group) is 1. The summed E-state index contributed by atoms with van der Waals surface area (Å²) >= 11 is 0. The summed E-state index contributed by atoms with van der Waals surface area (Å²) in [5.74, 6) is 0. The van der Waals surface area contributed by atoms with Gasteiger partial charge in [-0.15, -0.1) is 0 Å². The lowest BCUT2D eigenvalue weighted by atomic mass is 9.93. The minimum absolute atomic E-state index is 0.388. The summed E-state index contributed by atoms with van der Waals surface area (Å²) in [4.78, 5) is 0. The van der Waals surface area contributed by atoms with Crippen molar-refractivity contribution in [1.82, 2.24) is 5.32 Å². The monoisotopic (exact) mass is 253 g/mol. The van der Waals surface area contributed by atoms with Gasteiger partial charge in [0.1, 0.15) is 0 Å². The maximum Gasteiger partial charge on any atom is 0.0361 e. The van der Waals surface area contributed by atoms with Crippen molar-refractivity contribution in [3.05, 3.63) is 70.8 Å². The molecular formula is C18H23N. The van der Waals surface area contributed by atoms with E-state index in [9.17, 15) is 0 Å². The third-order valence-corrected chi connectivity index (χ3v) is 3.72. The van der Waals surface area contributed by atoms with E-state index in [0.29, 0.717) is 6.04 Å². The van der Waals surface area contributed by atoms with Crippen LogP contribution in [0, 0.1) is 6.92 Å². The van der Waals surface area contributed by atoms with Gasteiger partial charge in [0.25, 0.3) is 0 Å². The van der Waals surface area contributed by atoms with E-state index in [2.05, 4.69) is 67.7 Å². The van der Waals surface area contributed by atoms with Gasteiger partial charge in [-0.3, -0.25) is 0 Å². The van der Waals surface area contributed by atoms with Crippen molar-refractivity contribution in [1.29, 1.82) is 0 Å². The van der Waals surface area contributed by atoms with Gasteiger partial charge in [-0.1, -0.05) is 61.0 Å². The molecule has 19 heavy (non-hydrogen) atoms. The van der Waals surface area contributed by atoms with Crippen molar-refractivity contribution in [2.24, 2.45) is 0 Å². The third kappa shape index (κ3) is 3.45. The number of nitrogens with one attached hydrogen (secondary N) is 1. The largest absolute Gasteiger partial charge is 0.313 e. The second-order valence-electron chi connectivity index (χ2n) is 5.08. The predicted octanol–water partition coefficient (Wildman–Crippen LogP) is 4.06. The van der Waals surface area contributed by atoms with Gasteiger partial charge in [0, 0.05) is 6.04 Å². The minimum atomic E-state index is 0.388. The summed E-state index contributed by atoms with van der Waals surface area (Å²) in [6.45, 7) is 4.35. The van der Waals surface area contributed by atoms with E-state index >= 15 is 0 Å². The van der Waals surface area contributed by atoms with Crippen LogP contribution in [0.5, 0.6) is 0 Å². The van der Waals surface area contributed by atoms with Crippen molar-refractivity contribution in [2.45, 2.75) is 32.7 Å². The van der Waals surface area contributed by atoms with Crippen LogP contribution in [-0.4, -0.2) is 7.05 Å². The molecule has 2 rings (SSSR count). The summed E-state index contributed by atoms with van der Waals surface area (Å²) < 4.78 is 0. The van der Waals surface area contributed by atoms with Gasteiger partial charge >= 0.3 is 0 Å². The SMILES string of the molecule is CCc1ccccc1C(Cc1ccc(C)cc1)NC. The van der Waals surface area contributed by atoms with Crippen molar-refractivity contribution in [2.75, 3.05) is 7.05 Å². The van der Waals surface area contributed by atoms with Gasteiger partial charge in [0.15, 0.2) is 0 Å². The molecule has 0 saturated heterocycles. The standard InChI is InChI=1S/C18H23N/c1-4-16-7-5-6-8-17(16)18(19-3)13-15-11-9-14(2)10-12-15/h5-12,18-19H,4,13H2,1-3H3. The molecule has 0 aromatic heterocycles. The molecule has 1 unspecified atom stereocenters. The molecule has 1 nitrogen and oxygen atoms in total. The van der Waals surface area contributed by atoms with Crippen LogP contribution in [0.3, 0.4) is 0 Å². The quantitative estimate of drug-likeness (QED) is 0.847. The molecule has 0 fully saturated rings. The fourth-order valence-electron chi connectivity index (χ4n) is 2.52. The molecule has 2 aromatic carbocycles. The van der Waals surface area contributed by atoms with Crippen LogP contribution >= 0.6 is 0 Å². The van der Waals surface area contributed by atoms with Crippen LogP contribution in [0.2, 0.25) is 0 Å². The van der Waals surface area contributed by atoms with Crippen LogP contribution in [0.15, 0.2) is 48.5 Å². The van der Waals surface area contributed by atoms with Gasteiger partial charge in [-0.25, -0.2) is 0 Å². The lowest BCUT2D eigenvalue weighted by Crippen LogP contribution is -2.20. The van der Waals surface area contributed by atoms with Crippen molar-refractivity contribution in [3.8, 4) is 0 Å². The predicted molar refractivity (Wildman–Crippen MR) is 82.5 cm³/mol. The smallest absolute Gasteiger partial charge is 0.0361 e. The highest BCUT2D eigenvalue weighted by Crippen LogP contribution is 2.22. The molecule has 1 heteroatoms. The normalized spacial score (nSPS) is 12.4. The molecule has 0 aliphatic carbocycles. The molecule has 0 aliphatic rings. The van der Waals surface area contributed by atoms with Gasteiger partial charge in [-0.2, -0.15) is 0 Å². The summed E-state index contributed by atoms with van der Waals surface area (Å²) in [7, 11) is 2.05. The second-order valence-corrected chi connectivity index (χ2v) is 5.08. The summed E-state index contributed by atoms with van der Waals surface area (Å²) in [5, 5.41) is 3.46. The summed E-state index contributed by atoms with van der Waals surface area (Å²) in [5.41, 5.74) is 5.57. The van der Waals surface area contributed by atoms with Crippen LogP contribution in [0.25, 0.3) is 0 Å². The first-order chi connectivity index (χ1) is 9.24. The highest BCUT2D eigenvalue weighted by atomic mass is 14.9. The lowest BCUT2D eigenvalue weighted by Gasteiger charge is -2.20. The molecule has 2 aromatic rings. The molecule has 0 amide bonds. The van der Waals surface area contributed by atoms with E-state index < -0.39 is 0 Å². The van der Waals surface area contributed by atoms with Gasteiger partial charge < -0.3 is 5.32 Å². The summed E-state index contributed by atoms with van der Waals surface area (Å²) in [6.07, 6.45) is 2.12. The first-order valence-electron chi connectivity index (χ1n) is 7.05. The fourth-order valence-corrected chi connectivity index (χ4v) is 2.52. The van der Waals surface area contributed by atoms with Crippen LogP contribution in [0.1, 0.15) is 35.2 Å². The number of aryl methyl sites for hydroxylation is 2. The maximum absolute atomic E-state index is 3.46. The van der Waals surface area contributed by atoms with E-state index in [-0.39, 0.29) is 0 Å². The molecule has 0 aliphatic heterocycles. The number of benzene rings is 2. The third-order valence-electron chi connectivity index (χ3n) is 3.72. The Morgan fingerprint density at radius 1 is 1.00 bits per heavy atom. The van der Waals surface area contributed by atoms with Crippen LogP contribution in [0.4, 0.5) is 0 Å². The fraction of sp³-hybridized carbons (Fsp3) is 0.333. The highest BCUT2D eigenvalue weighted by molar-refractivity contribution is 5.32. The zero-order valence-corrected chi connectivity index (χ0v) is 12.1. The number of rotatable bonds is 5. The molecule has 0 bridgehead atoms. The first kappa shape index (κ1) is 13.8. The lowest BCUT2D eigenvalue weighted by molar-refractivity contribution is 0.587. The molecule has 1 N–H and O–H groups in total. The molecule has 0 spiro atoms. The molecule has 1 atom stereocenters.